The molecule has 2 N–H and O–H groups in total. The van der Waals surface area contributed by atoms with Crippen LogP contribution in [0.2, 0.25) is 5.02 Å². The maximum atomic E-state index is 12.4. The first-order valence-electron chi connectivity index (χ1n) is 7.54. The van der Waals surface area contributed by atoms with Gasteiger partial charge in [-0.05, 0) is 41.5 Å². The summed E-state index contributed by atoms with van der Waals surface area (Å²) in [5.74, 6) is -1.70. The molecule has 0 heterocycles. The minimum Gasteiger partial charge on any atom is -0.478 e. The maximum Gasteiger partial charge on any atom is 0.336 e. The van der Waals surface area contributed by atoms with Crippen LogP contribution in [0.15, 0.2) is 72.8 Å². The molecule has 3 aromatic rings. The highest BCUT2D eigenvalue weighted by atomic mass is 35.5. The molecule has 25 heavy (non-hydrogen) atoms. The quantitative estimate of drug-likeness (QED) is 0.698. The summed E-state index contributed by atoms with van der Waals surface area (Å²) < 4.78 is 0. The van der Waals surface area contributed by atoms with Crippen molar-refractivity contribution in [3.63, 3.8) is 0 Å². The van der Waals surface area contributed by atoms with E-state index in [0.717, 1.165) is 11.1 Å². The standard InChI is InChI=1S/C20H14ClNO3/c21-15-8-11-17(20(24)25)18(12-15)19(23)22-16-9-6-14(7-10-16)13-4-2-1-3-5-13/h1-12H,(H,22,23)(H,24,25). The summed E-state index contributed by atoms with van der Waals surface area (Å²) in [6, 6.07) is 21.3. The number of anilines is 1. The van der Waals surface area contributed by atoms with Gasteiger partial charge in [0.15, 0.2) is 0 Å². The van der Waals surface area contributed by atoms with Gasteiger partial charge in [-0.2, -0.15) is 0 Å². The zero-order valence-electron chi connectivity index (χ0n) is 13.1. The summed E-state index contributed by atoms with van der Waals surface area (Å²) in [5.41, 5.74) is 2.59. The number of rotatable bonds is 4. The monoisotopic (exact) mass is 351 g/mol. The number of carboxylic acid groups (broad SMARTS) is 1. The number of nitrogens with one attached hydrogen (secondary N) is 1. The van der Waals surface area contributed by atoms with Crippen LogP contribution in [-0.2, 0) is 0 Å². The molecular formula is C20H14ClNO3. The van der Waals surface area contributed by atoms with Crippen molar-refractivity contribution in [1.29, 1.82) is 0 Å². The summed E-state index contributed by atoms with van der Waals surface area (Å²) in [7, 11) is 0. The van der Waals surface area contributed by atoms with Gasteiger partial charge in [-0.25, -0.2) is 4.79 Å². The fraction of sp³-hybridized carbons (Fsp3) is 0. The Bertz CT molecular complexity index is 921. The van der Waals surface area contributed by atoms with Crippen LogP contribution in [-0.4, -0.2) is 17.0 Å². The van der Waals surface area contributed by atoms with E-state index in [-0.39, 0.29) is 11.1 Å². The molecule has 0 aliphatic rings. The van der Waals surface area contributed by atoms with Crippen LogP contribution in [0.5, 0.6) is 0 Å². The lowest BCUT2D eigenvalue weighted by atomic mass is 10.0. The van der Waals surface area contributed by atoms with Crippen LogP contribution in [0.25, 0.3) is 11.1 Å². The van der Waals surface area contributed by atoms with Gasteiger partial charge in [0.05, 0.1) is 11.1 Å². The fourth-order valence-corrected chi connectivity index (χ4v) is 2.64. The van der Waals surface area contributed by atoms with E-state index < -0.39 is 11.9 Å². The van der Waals surface area contributed by atoms with E-state index in [1.165, 1.54) is 18.2 Å². The fourth-order valence-electron chi connectivity index (χ4n) is 2.47. The molecule has 124 valence electrons. The van der Waals surface area contributed by atoms with Crippen molar-refractivity contribution in [2.45, 2.75) is 0 Å². The van der Waals surface area contributed by atoms with Crippen LogP contribution in [0, 0.1) is 0 Å². The van der Waals surface area contributed by atoms with E-state index in [1.54, 1.807) is 12.1 Å². The van der Waals surface area contributed by atoms with E-state index in [4.69, 9.17) is 11.6 Å². The van der Waals surface area contributed by atoms with E-state index in [2.05, 4.69) is 5.32 Å². The van der Waals surface area contributed by atoms with Gasteiger partial charge in [-0.1, -0.05) is 54.1 Å². The molecule has 1 amide bonds. The second kappa shape index (κ2) is 7.20. The van der Waals surface area contributed by atoms with Crippen molar-refractivity contribution in [2.75, 3.05) is 5.32 Å². The smallest absolute Gasteiger partial charge is 0.336 e. The number of carboxylic acids is 1. The number of aromatic carboxylic acids is 1. The minimum absolute atomic E-state index is 0.0205. The summed E-state index contributed by atoms with van der Waals surface area (Å²) >= 11 is 5.88. The predicted octanol–water partition coefficient (Wildman–Crippen LogP) is 4.96. The lowest BCUT2D eigenvalue weighted by Crippen LogP contribution is -2.16. The highest BCUT2D eigenvalue weighted by molar-refractivity contribution is 6.31. The third kappa shape index (κ3) is 3.87. The normalized spacial score (nSPS) is 10.3. The lowest BCUT2D eigenvalue weighted by Gasteiger charge is -2.09. The second-order valence-corrected chi connectivity index (χ2v) is 5.83. The summed E-state index contributed by atoms with van der Waals surface area (Å²) in [4.78, 5) is 23.7. The maximum absolute atomic E-state index is 12.4. The Hall–Kier alpha value is -3.11. The van der Waals surface area contributed by atoms with Crippen molar-refractivity contribution in [3.8, 4) is 11.1 Å². The van der Waals surface area contributed by atoms with Gasteiger partial charge in [0.25, 0.3) is 5.91 Å². The van der Waals surface area contributed by atoms with E-state index in [9.17, 15) is 14.7 Å². The SMILES string of the molecule is O=C(O)c1ccc(Cl)cc1C(=O)Nc1ccc(-c2ccccc2)cc1. The first-order valence-corrected chi connectivity index (χ1v) is 7.92. The van der Waals surface area contributed by atoms with Gasteiger partial charge in [0.2, 0.25) is 0 Å². The molecule has 0 bridgehead atoms. The molecule has 3 rings (SSSR count). The van der Waals surface area contributed by atoms with Gasteiger partial charge in [-0.15, -0.1) is 0 Å². The molecule has 4 nitrogen and oxygen atoms in total. The highest BCUT2D eigenvalue weighted by Crippen LogP contribution is 2.22. The Morgan fingerprint density at radius 3 is 2.08 bits per heavy atom. The summed E-state index contributed by atoms with van der Waals surface area (Å²) in [5, 5.41) is 12.2. The number of carbonyl (C=O) groups excluding carboxylic acids is 1. The van der Waals surface area contributed by atoms with Crippen molar-refractivity contribution in [3.05, 3.63) is 88.9 Å². The number of hydrogen-bond acceptors (Lipinski definition) is 2. The molecule has 5 heteroatoms. The Morgan fingerprint density at radius 1 is 0.800 bits per heavy atom. The van der Waals surface area contributed by atoms with Crippen molar-refractivity contribution in [1.82, 2.24) is 0 Å². The third-order valence-corrected chi connectivity index (χ3v) is 3.94. The van der Waals surface area contributed by atoms with Gasteiger partial charge >= 0.3 is 5.97 Å². The number of carbonyl (C=O) groups is 2. The molecule has 0 aliphatic heterocycles. The Labute approximate surface area is 149 Å². The van der Waals surface area contributed by atoms with Gasteiger partial charge in [-0.3, -0.25) is 4.79 Å². The minimum atomic E-state index is -1.18. The molecular weight excluding hydrogens is 338 g/mol. The Morgan fingerprint density at radius 2 is 1.44 bits per heavy atom. The number of halogens is 1. The van der Waals surface area contributed by atoms with Crippen molar-refractivity contribution >= 4 is 29.2 Å². The van der Waals surface area contributed by atoms with Crippen molar-refractivity contribution < 1.29 is 14.7 Å². The number of amides is 1. The van der Waals surface area contributed by atoms with Crippen LogP contribution in [0.1, 0.15) is 20.7 Å². The Balaban J connectivity index is 1.82. The van der Waals surface area contributed by atoms with Crippen LogP contribution in [0.3, 0.4) is 0 Å². The first kappa shape index (κ1) is 16.7. The molecule has 0 saturated carbocycles. The van der Waals surface area contributed by atoms with Gasteiger partial charge in [0, 0.05) is 10.7 Å². The molecule has 0 fully saturated rings. The Kier molecular flexibility index (Phi) is 4.82. The van der Waals surface area contributed by atoms with Gasteiger partial charge < -0.3 is 10.4 Å². The largest absolute Gasteiger partial charge is 0.478 e. The molecule has 0 atom stereocenters. The zero-order valence-corrected chi connectivity index (χ0v) is 13.8. The van der Waals surface area contributed by atoms with Crippen molar-refractivity contribution in [2.24, 2.45) is 0 Å². The zero-order chi connectivity index (χ0) is 17.8. The van der Waals surface area contributed by atoms with E-state index in [0.29, 0.717) is 10.7 Å². The third-order valence-electron chi connectivity index (χ3n) is 3.71. The number of benzene rings is 3. The summed E-state index contributed by atoms with van der Waals surface area (Å²) in [6.07, 6.45) is 0. The lowest BCUT2D eigenvalue weighted by molar-refractivity contribution is 0.0692. The second-order valence-electron chi connectivity index (χ2n) is 5.39. The topological polar surface area (TPSA) is 66.4 Å². The number of hydrogen-bond donors (Lipinski definition) is 2. The molecule has 0 radical (unpaired) electrons. The molecule has 0 unspecified atom stereocenters. The average molecular weight is 352 g/mol. The van der Waals surface area contributed by atoms with E-state index >= 15 is 0 Å². The van der Waals surface area contributed by atoms with Gasteiger partial charge in [0.1, 0.15) is 0 Å². The molecule has 0 aliphatic carbocycles. The van der Waals surface area contributed by atoms with Crippen LogP contribution >= 0.6 is 11.6 Å². The molecule has 0 spiro atoms. The predicted molar refractivity (Wildman–Crippen MR) is 98.2 cm³/mol. The van der Waals surface area contributed by atoms with E-state index in [1.807, 2.05) is 42.5 Å². The highest BCUT2D eigenvalue weighted by Gasteiger charge is 2.17. The average Bonchev–Trinajstić information content (AvgIpc) is 2.62. The molecule has 3 aromatic carbocycles. The molecule has 0 saturated heterocycles. The first-order chi connectivity index (χ1) is 12.0. The van der Waals surface area contributed by atoms with Crippen LogP contribution in [0.4, 0.5) is 5.69 Å². The van der Waals surface area contributed by atoms with Crippen LogP contribution < -0.4 is 5.32 Å². The summed E-state index contributed by atoms with van der Waals surface area (Å²) in [6.45, 7) is 0. The molecule has 0 aromatic heterocycles.